The van der Waals surface area contributed by atoms with Gasteiger partial charge < -0.3 is 25.6 Å². The summed E-state index contributed by atoms with van der Waals surface area (Å²) >= 11 is 0. The van der Waals surface area contributed by atoms with Crippen molar-refractivity contribution in [2.45, 2.75) is 39.5 Å². The van der Waals surface area contributed by atoms with Crippen molar-refractivity contribution >= 4 is 29.0 Å². The van der Waals surface area contributed by atoms with Gasteiger partial charge in [0.1, 0.15) is 0 Å². The zero-order chi connectivity index (χ0) is 22.8. The molecule has 7 heteroatoms. The summed E-state index contributed by atoms with van der Waals surface area (Å²) in [4.78, 5) is 27.7. The Bertz CT molecular complexity index is 910. The highest BCUT2D eigenvalue weighted by molar-refractivity contribution is 6.04. The van der Waals surface area contributed by atoms with Gasteiger partial charge in [0.05, 0.1) is 5.56 Å². The van der Waals surface area contributed by atoms with Gasteiger partial charge in [-0.2, -0.15) is 0 Å². The lowest BCUT2D eigenvalue weighted by Crippen LogP contribution is -2.29. The minimum Gasteiger partial charge on any atom is -0.382 e. The number of nitrogens with one attached hydrogen (secondary N) is 3. The fourth-order valence-corrected chi connectivity index (χ4v) is 3.81. The number of amides is 3. The van der Waals surface area contributed by atoms with Crippen LogP contribution in [0.3, 0.4) is 0 Å². The van der Waals surface area contributed by atoms with Gasteiger partial charge in [-0.05, 0) is 68.5 Å². The molecule has 0 spiro atoms. The highest BCUT2D eigenvalue weighted by Crippen LogP contribution is 2.27. The van der Waals surface area contributed by atoms with E-state index in [0.717, 1.165) is 55.7 Å². The third-order valence-electron chi connectivity index (χ3n) is 5.49. The normalized spacial score (nSPS) is 13.1. The molecular weight excluding hydrogens is 404 g/mol. The molecule has 2 aromatic rings. The molecule has 172 valence electrons. The average molecular weight is 439 g/mol. The van der Waals surface area contributed by atoms with Crippen LogP contribution in [0.15, 0.2) is 42.5 Å². The first-order valence-corrected chi connectivity index (χ1v) is 11.5. The van der Waals surface area contributed by atoms with E-state index in [1.54, 1.807) is 6.07 Å². The molecule has 0 aromatic heterocycles. The number of urea groups is 1. The monoisotopic (exact) mass is 438 g/mol. The molecule has 1 aliphatic rings. The SMILES string of the molecule is CCOCCCNC(=O)c1cc(NC(=O)Nc2cccc(CC)c2)ccc1N1CCCC1. The number of hydrogen-bond acceptors (Lipinski definition) is 4. The van der Waals surface area contributed by atoms with Crippen LogP contribution in [0.25, 0.3) is 0 Å². The molecule has 32 heavy (non-hydrogen) atoms. The first kappa shape index (κ1) is 23.6. The summed E-state index contributed by atoms with van der Waals surface area (Å²) in [7, 11) is 0. The van der Waals surface area contributed by atoms with Gasteiger partial charge in [-0.25, -0.2) is 4.79 Å². The third kappa shape index (κ3) is 6.72. The summed E-state index contributed by atoms with van der Waals surface area (Å²) in [5.41, 5.74) is 3.96. The summed E-state index contributed by atoms with van der Waals surface area (Å²) < 4.78 is 5.34. The van der Waals surface area contributed by atoms with E-state index in [9.17, 15) is 9.59 Å². The van der Waals surface area contributed by atoms with Crippen LogP contribution in [0, 0.1) is 0 Å². The van der Waals surface area contributed by atoms with Crippen molar-refractivity contribution in [3.8, 4) is 0 Å². The van der Waals surface area contributed by atoms with Gasteiger partial charge in [0.2, 0.25) is 0 Å². The zero-order valence-corrected chi connectivity index (χ0v) is 19.1. The number of rotatable bonds is 10. The molecule has 1 saturated heterocycles. The second-order valence-corrected chi connectivity index (χ2v) is 7.87. The van der Waals surface area contributed by atoms with E-state index in [1.165, 1.54) is 0 Å². The summed E-state index contributed by atoms with van der Waals surface area (Å²) in [6.45, 7) is 7.74. The molecule has 0 radical (unpaired) electrons. The molecule has 3 amide bonds. The molecule has 2 aromatic carbocycles. The lowest BCUT2D eigenvalue weighted by atomic mass is 10.1. The van der Waals surface area contributed by atoms with E-state index < -0.39 is 0 Å². The second-order valence-electron chi connectivity index (χ2n) is 7.87. The maximum atomic E-state index is 12.9. The maximum Gasteiger partial charge on any atom is 0.323 e. The fourth-order valence-electron chi connectivity index (χ4n) is 3.81. The largest absolute Gasteiger partial charge is 0.382 e. The fraction of sp³-hybridized carbons (Fsp3) is 0.440. The van der Waals surface area contributed by atoms with Gasteiger partial charge in [-0.3, -0.25) is 4.79 Å². The Kier molecular flexibility index (Phi) is 8.92. The Balaban J connectivity index is 1.69. The first-order valence-electron chi connectivity index (χ1n) is 11.5. The number of ether oxygens (including phenoxy) is 1. The van der Waals surface area contributed by atoms with Crippen molar-refractivity contribution in [1.29, 1.82) is 0 Å². The molecule has 7 nitrogen and oxygen atoms in total. The molecule has 0 saturated carbocycles. The van der Waals surface area contributed by atoms with Crippen LogP contribution >= 0.6 is 0 Å². The minimum atomic E-state index is -0.338. The van der Waals surface area contributed by atoms with E-state index in [2.05, 4.69) is 27.8 Å². The first-order chi connectivity index (χ1) is 15.6. The predicted octanol–water partition coefficient (Wildman–Crippen LogP) is 4.65. The Morgan fingerprint density at radius 1 is 1.00 bits per heavy atom. The Morgan fingerprint density at radius 2 is 1.75 bits per heavy atom. The molecule has 3 N–H and O–H groups in total. The lowest BCUT2D eigenvalue weighted by Gasteiger charge is -2.22. The van der Waals surface area contributed by atoms with Crippen LogP contribution in [0.5, 0.6) is 0 Å². The maximum absolute atomic E-state index is 12.9. The van der Waals surface area contributed by atoms with Gasteiger partial charge in [-0.1, -0.05) is 19.1 Å². The molecular formula is C25H34N4O3. The summed E-state index contributed by atoms with van der Waals surface area (Å²) in [6, 6.07) is 13.0. The van der Waals surface area contributed by atoms with Crippen molar-refractivity contribution in [2.75, 3.05) is 48.4 Å². The second kappa shape index (κ2) is 12.1. The van der Waals surface area contributed by atoms with E-state index in [0.29, 0.717) is 31.0 Å². The van der Waals surface area contributed by atoms with Gasteiger partial charge >= 0.3 is 6.03 Å². The van der Waals surface area contributed by atoms with Crippen LogP contribution < -0.4 is 20.9 Å². The van der Waals surface area contributed by atoms with Crippen molar-refractivity contribution < 1.29 is 14.3 Å². The number of nitrogens with zero attached hydrogens (tertiary/aromatic N) is 1. The molecule has 1 fully saturated rings. The van der Waals surface area contributed by atoms with Crippen LogP contribution in [0.1, 0.15) is 49.0 Å². The molecule has 0 bridgehead atoms. The molecule has 0 unspecified atom stereocenters. The van der Waals surface area contributed by atoms with Gasteiger partial charge in [0.15, 0.2) is 0 Å². The predicted molar refractivity (Wildman–Crippen MR) is 130 cm³/mol. The Morgan fingerprint density at radius 3 is 2.47 bits per heavy atom. The lowest BCUT2D eigenvalue weighted by molar-refractivity contribution is 0.0944. The van der Waals surface area contributed by atoms with Gasteiger partial charge in [0.25, 0.3) is 5.91 Å². The third-order valence-corrected chi connectivity index (χ3v) is 5.49. The van der Waals surface area contributed by atoms with Crippen molar-refractivity contribution in [1.82, 2.24) is 5.32 Å². The number of benzene rings is 2. The van der Waals surface area contributed by atoms with Gasteiger partial charge in [0, 0.05) is 49.9 Å². The number of aryl methyl sites for hydroxylation is 1. The number of anilines is 3. The van der Waals surface area contributed by atoms with Crippen LogP contribution in [0.2, 0.25) is 0 Å². The minimum absolute atomic E-state index is 0.136. The quantitative estimate of drug-likeness (QED) is 0.472. The molecule has 1 aliphatic heterocycles. The Hall–Kier alpha value is -3.06. The van der Waals surface area contributed by atoms with Crippen LogP contribution in [-0.2, 0) is 11.2 Å². The molecule has 0 atom stereocenters. The van der Waals surface area contributed by atoms with Gasteiger partial charge in [-0.15, -0.1) is 0 Å². The standard InChI is InChI=1S/C25H34N4O3/c1-3-19-9-7-10-20(17-19)27-25(31)28-21-11-12-23(29-14-5-6-15-29)22(18-21)24(30)26-13-8-16-32-4-2/h7,9-12,17-18H,3-6,8,13-16H2,1-2H3,(H,26,30)(H2,27,28,31). The van der Waals surface area contributed by atoms with E-state index >= 15 is 0 Å². The number of carbonyl (C=O) groups is 2. The number of carbonyl (C=O) groups excluding carboxylic acids is 2. The summed E-state index contributed by atoms with van der Waals surface area (Å²) in [5, 5.41) is 8.70. The Labute approximate surface area is 190 Å². The molecule has 3 rings (SSSR count). The van der Waals surface area contributed by atoms with Crippen molar-refractivity contribution in [2.24, 2.45) is 0 Å². The van der Waals surface area contributed by atoms with E-state index in [-0.39, 0.29) is 11.9 Å². The number of hydrogen-bond donors (Lipinski definition) is 3. The zero-order valence-electron chi connectivity index (χ0n) is 19.1. The summed E-state index contributed by atoms with van der Waals surface area (Å²) in [6.07, 6.45) is 3.90. The van der Waals surface area contributed by atoms with Crippen LogP contribution in [0.4, 0.5) is 21.9 Å². The average Bonchev–Trinajstić information content (AvgIpc) is 3.33. The summed E-state index contributed by atoms with van der Waals surface area (Å²) in [5.74, 6) is -0.136. The van der Waals surface area contributed by atoms with Crippen molar-refractivity contribution in [3.05, 3.63) is 53.6 Å². The molecule has 1 heterocycles. The smallest absolute Gasteiger partial charge is 0.323 e. The van der Waals surface area contributed by atoms with Crippen LogP contribution in [-0.4, -0.2) is 44.8 Å². The highest BCUT2D eigenvalue weighted by atomic mass is 16.5. The topological polar surface area (TPSA) is 82.7 Å². The molecule has 0 aliphatic carbocycles. The highest BCUT2D eigenvalue weighted by Gasteiger charge is 2.20. The van der Waals surface area contributed by atoms with E-state index in [4.69, 9.17) is 4.74 Å². The van der Waals surface area contributed by atoms with Crippen molar-refractivity contribution in [3.63, 3.8) is 0 Å². The van der Waals surface area contributed by atoms with E-state index in [1.807, 2.05) is 43.3 Å².